The molecule has 10 nitrogen and oxygen atoms in total. The van der Waals surface area contributed by atoms with Gasteiger partial charge in [0.05, 0.1) is 6.42 Å². The van der Waals surface area contributed by atoms with Crippen LogP contribution >= 0.6 is 0 Å². The maximum Gasteiger partial charge on any atom is 0.452 e. The molecule has 0 radical (unpaired) electrons. The summed E-state index contributed by atoms with van der Waals surface area (Å²) < 4.78 is 70.5. The normalized spacial score (nSPS) is 16.0. The minimum absolute atomic E-state index is 0.0195. The van der Waals surface area contributed by atoms with Gasteiger partial charge in [-0.15, -0.1) is 10.2 Å². The number of carboxylic acid groups (broad SMARTS) is 1. The van der Waals surface area contributed by atoms with E-state index in [1.165, 1.54) is 16.6 Å². The molecule has 1 aliphatic rings. The van der Waals surface area contributed by atoms with E-state index in [4.69, 9.17) is 0 Å². The topological polar surface area (TPSA) is 121 Å². The van der Waals surface area contributed by atoms with Crippen LogP contribution in [0.1, 0.15) is 72.2 Å². The predicted octanol–water partition coefficient (Wildman–Crippen LogP) is 5.57. The number of pyridine rings is 2. The number of alkyl halides is 3. The number of fused-ring (bicyclic) bond motifs is 2. The molecule has 0 fully saturated rings. The SMILES string of the molecule is CCCCCN1CCN(Cc2cc([C@@H](CC(=O)O)c3ccn4c(C(F)(F)F)nnc4c3C)ccc2C)S(=O)(=O)c2cccnc21. The Morgan fingerprint density at radius 1 is 1.09 bits per heavy atom. The molecule has 0 spiro atoms. The molecule has 5 rings (SSSR count). The average molecular weight is 645 g/mol. The molecule has 0 amide bonds. The van der Waals surface area contributed by atoms with Crippen LogP contribution in [0.15, 0.2) is 53.7 Å². The highest BCUT2D eigenvalue weighted by Crippen LogP contribution is 2.36. The lowest BCUT2D eigenvalue weighted by atomic mass is 9.85. The Labute approximate surface area is 259 Å². The number of unbranched alkanes of at least 4 members (excludes halogenated alkanes) is 2. The zero-order valence-corrected chi connectivity index (χ0v) is 26.1. The van der Waals surface area contributed by atoms with Crippen molar-refractivity contribution in [1.82, 2.24) is 23.9 Å². The van der Waals surface area contributed by atoms with Crippen LogP contribution in [0.4, 0.5) is 19.0 Å². The molecule has 0 saturated heterocycles. The molecule has 1 atom stereocenters. The van der Waals surface area contributed by atoms with E-state index in [-0.39, 0.29) is 30.1 Å². The van der Waals surface area contributed by atoms with Crippen molar-refractivity contribution < 1.29 is 31.5 Å². The van der Waals surface area contributed by atoms with Crippen molar-refractivity contribution in [3.8, 4) is 0 Å². The Bertz CT molecular complexity index is 1830. The van der Waals surface area contributed by atoms with Gasteiger partial charge in [-0.3, -0.25) is 9.20 Å². The van der Waals surface area contributed by atoms with E-state index < -0.39 is 33.9 Å². The van der Waals surface area contributed by atoms with Gasteiger partial charge in [-0.2, -0.15) is 17.5 Å². The highest BCUT2D eigenvalue weighted by molar-refractivity contribution is 7.89. The van der Waals surface area contributed by atoms with Crippen molar-refractivity contribution in [3.63, 3.8) is 0 Å². The minimum Gasteiger partial charge on any atom is -0.481 e. The van der Waals surface area contributed by atoms with Crippen molar-refractivity contribution in [1.29, 1.82) is 0 Å². The third kappa shape index (κ3) is 6.52. The summed E-state index contributed by atoms with van der Waals surface area (Å²) in [6, 6.07) is 10.0. The first kappa shape index (κ1) is 32.4. The van der Waals surface area contributed by atoms with Crippen LogP contribution in [0.25, 0.3) is 5.65 Å². The lowest BCUT2D eigenvalue weighted by Gasteiger charge is -2.24. The molecule has 14 heteroatoms. The molecule has 240 valence electrons. The second kappa shape index (κ2) is 12.8. The van der Waals surface area contributed by atoms with Crippen molar-refractivity contribution in [2.45, 2.75) is 70.0 Å². The van der Waals surface area contributed by atoms with E-state index in [2.05, 4.69) is 22.1 Å². The number of benzene rings is 1. The molecule has 3 aromatic heterocycles. The number of carboxylic acids is 1. The molecule has 4 aromatic rings. The van der Waals surface area contributed by atoms with Crippen LogP contribution in [0.2, 0.25) is 0 Å². The number of aryl methyl sites for hydroxylation is 2. The van der Waals surface area contributed by atoms with Crippen LogP contribution in [0.3, 0.4) is 0 Å². The largest absolute Gasteiger partial charge is 0.481 e. The molecule has 0 bridgehead atoms. The Kier molecular flexibility index (Phi) is 9.17. The molecular formula is C31H35F3N6O4S. The highest BCUT2D eigenvalue weighted by atomic mass is 32.2. The van der Waals surface area contributed by atoms with E-state index in [9.17, 15) is 31.5 Å². The summed E-state index contributed by atoms with van der Waals surface area (Å²) in [7, 11) is -3.92. The van der Waals surface area contributed by atoms with Crippen LogP contribution in [-0.4, -0.2) is 63.0 Å². The third-order valence-electron chi connectivity index (χ3n) is 8.32. The first-order chi connectivity index (χ1) is 21.3. The van der Waals surface area contributed by atoms with E-state index >= 15 is 0 Å². The monoisotopic (exact) mass is 644 g/mol. The number of rotatable bonds is 10. The third-order valence-corrected chi connectivity index (χ3v) is 10.2. The minimum atomic E-state index is -4.71. The Morgan fingerprint density at radius 2 is 1.87 bits per heavy atom. The van der Waals surface area contributed by atoms with Crippen molar-refractivity contribution in [2.24, 2.45) is 0 Å². The molecule has 45 heavy (non-hydrogen) atoms. The lowest BCUT2D eigenvalue weighted by molar-refractivity contribution is -0.145. The predicted molar refractivity (Wildman–Crippen MR) is 162 cm³/mol. The molecule has 0 saturated carbocycles. The van der Waals surface area contributed by atoms with Crippen LogP contribution in [-0.2, 0) is 27.5 Å². The number of sulfonamides is 1. The van der Waals surface area contributed by atoms with Gasteiger partial charge in [0, 0.05) is 44.5 Å². The first-order valence-corrected chi connectivity index (χ1v) is 16.2. The molecule has 1 aromatic carbocycles. The summed E-state index contributed by atoms with van der Waals surface area (Å²) in [5.41, 5.74) is 2.95. The van der Waals surface area contributed by atoms with Crippen LogP contribution < -0.4 is 4.90 Å². The summed E-state index contributed by atoms with van der Waals surface area (Å²) in [6.07, 6.45) is 0.709. The van der Waals surface area contributed by atoms with Gasteiger partial charge in [-0.05, 0) is 66.3 Å². The van der Waals surface area contributed by atoms with Crippen LogP contribution in [0, 0.1) is 13.8 Å². The number of nitrogens with zero attached hydrogens (tertiary/aromatic N) is 6. The average Bonchev–Trinajstić information content (AvgIpc) is 3.40. The highest BCUT2D eigenvalue weighted by Gasteiger charge is 2.38. The van der Waals surface area contributed by atoms with Crippen molar-refractivity contribution >= 4 is 27.5 Å². The number of anilines is 1. The summed E-state index contributed by atoms with van der Waals surface area (Å²) in [6.45, 7) is 6.99. The second-order valence-corrected chi connectivity index (χ2v) is 13.2. The summed E-state index contributed by atoms with van der Waals surface area (Å²) in [5.74, 6) is -2.56. The van der Waals surface area contributed by atoms with Gasteiger partial charge in [0.15, 0.2) is 5.65 Å². The van der Waals surface area contributed by atoms with E-state index in [1.807, 2.05) is 17.9 Å². The second-order valence-electron chi connectivity index (χ2n) is 11.3. The van der Waals surface area contributed by atoms with Crippen molar-refractivity contribution in [3.05, 3.63) is 82.4 Å². The number of hydrogen-bond donors (Lipinski definition) is 1. The van der Waals surface area contributed by atoms with Crippen LogP contribution in [0.5, 0.6) is 0 Å². The zero-order valence-electron chi connectivity index (χ0n) is 25.3. The number of hydrogen-bond acceptors (Lipinski definition) is 7. The smallest absolute Gasteiger partial charge is 0.452 e. The van der Waals surface area contributed by atoms with E-state index in [0.29, 0.717) is 41.2 Å². The number of carbonyl (C=O) groups is 1. The van der Waals surface area contributed by atoms with Gasteiger partial charge < -0.3 is 10.0 Å². The fourth-order valence-electron chi connectivity index (χ4n) is 5.87. The van der Waals surface area contributed by atoms with Gasteiger partial charge >= 0.3 is 12.1 Å². The van der Waals surface area contributed by atoms with Gasteiger partial charge in [-0.1, -0.05) is 38.0 Å². The van der Waals surface area contributed by atoms with Gasteiger partial charge in [0.25, 0.3) is 0 Å². The standard InChI is InChI=1S/C31H35F3N6O4S/c1-4-5-6-13-38-15-16-39(45(43,44)26-8-7-12-35-29(26)38)19-23-17-22(10-9-20(23)2)25(18-27(41)42)24-11-14-40-28(21(24)3)36-37-30(40)31(32,33)34/h7-12,14,17,25H,4-6,13,15-16,18-19H2,1-3H3,(H,41,42)/t25-/m1/s1. The number of aromatic nitrogens is 4. The molecule has 0 unspecified atom stereocenters. The Balaban J connectivity index is 1.51. The van der Waals surface area contributed by atoms with Gasteiger partial charge in [0.2, 0.25) is 15.8 Å². The Hall–Kier alpha value is -4.04. The van der Waals surface area contributed by atoms with Gasteiger partial charge in [0.1, 0.15) is 10.7 Å². The maximum atomic E-state index is 13.9. The fraction of sp³-hybridized carbons (Fsp3) is 0.419. The fourth-order valence-corrected chi connectivity index (χ4v) is 7.44. The Morgan fingerprint density at radius 3 is 2.58 bits per heavy atom. The summed E-state index contributed by atoms with van der Waals surface area (Å²) in [4.78, 5) is 18.6. The zero-order chi connectivity index (χ0) is 32.5. The molecule has 1 N–H and O–H groups in total. The lowest BCUT2D eigenvalue weighted by Crippen LogP contribution is -2.35. The van der Waals surface area contributed by atoms with E-state index in [1.54, 1.807) is 37.4 Å². The van der Waals surface area contributed by atoms with E-state index in [0.717, 1.165) is 29.2 Å². The molecule has 4 heterocycles. The summed E-state index contributed by atoms with van der Waals surface area (Å²) >= 11 is 0. The molecular weight excluding hydrogens is 609 g/mol. The number of aliphatic carboxylic acids is 1. The van der Waals surface area contributed by atoms with Gasteiger partial charge in [-0.25, -0.2) is 13.4 Å². The first-order valence-electron chi connectivity index (χ1n) is 14.8. The number of halogens is 3. The maximum absolute atomic E-state index is 13.9. The summed E-state index contributed by atoms with van der Waals surface area (Å²) in [5, 5.41) is 16.9. The molecule has 0 aliphatic carbocycles. The van der Waals surface area contributed by atoms with Crippen molar-refractivity contribution in [2.75, 3.05) is 24.5 Å². The quantitative estimate of drug-likeness (QED) is 0.223. The molecule has 1 aliphatic heterocycles.